The maximum absolute atomic E-state index is 11.7. The molecule has 0 unspecified atom stereocenters. The van der Waals surface area contributed by atoms with E-state index < -0.39 is 5.60 Å². The van der Waals surface area contributed by atoms with E-state index in [2.05, 4.69) is 0 Å². The number of methoxy groups -OCH3 is 1. The fourth-order valence-electron chi connectivity index (χ4n) is 1.30. The minimum absolute atomic E-state index is 0.180. The van der Waals surface area contributed by atoms with Crippen molar-refractivity contribution in [2.45, 2.75) is 65.1 Å². The second kappa shape index (κ2) is 7.80. The Morgan fingerprint density at radius 2 is 1.81 bits per heavy atom. The fraction of sp³-hybridized carbons (Fsp3) is 0.923. The van der Waals surface area contributed by atoms with E-state index in [1.54, 1.807) is 7.11 Å². The number of rotatable bonds is 9. The predicted molar refractivity (Wildman–Crippen MR) is 65.7 cm³/mol. The van der Waals surface area contributed by atoms with E-state index in [0.29, 0.717) is 12.5 Å². The minimum atomic E-state index is -0.631. The molecule has 0 fully saturated rings. The molecule has 0 saturated carbocycles. The van der Waals surface area contributed by atoms with Gasteiger partial charge in [0.1, 0.15) is 5.60 Å². The topological polar surface area (TPSA) is 35.5 Å². The molecule has 0 aromatic carbocycles. The SMILES string of the molecule is COC(C)(C)C(=O)CCCCCOC(C)C. The predicted octanol–water partition coefficient (Wildman–Crippen LogP) is 2.97. The van der Waals surface area contributed by atoms with Crippen molar-refractivity contribution in [3.8, 4) is 0 Å². The Bertz CT molecular complexity index is 197. The van der Waals surface area contributed by atoms with E-state index in [9.17, 15) is 4.79 Å². The molecular formula is C13H26O3. The molecule has 0 atom stereocenters. The number of unbranched alkanes of at least 4 members (excludes halogenated alkanes) is 2. The van der Waals surface area contributed by atoms with Crippen molar-refractivity contribution in [2.24, 2.45) is 0 Å². The first-order chi connectivity index (χ1) is 7.40. The summed E-state index contributed by atoms with van der Waals surface area (Å²) in [6, 6.07) is 0. The Kier molecular flexibility index (Phi) is 7.60. The summed E-state index contributed by atoms with van der Waals surface area (Å²) in [7, 11) is 1.58. The third-order valence-corrected chi connectivity index (χ3v) is 2.68. The summed E-state index contributed by atoms with van der Waals surface area (Å²) in [5, 5.41) is 0. The van der Waals surface area contributed by atoms with E-state index in [1.807, 2.05) is 27.7 Å². The maximum atomic E-state index is 11.7. The van der Waals surface area contributed by atoms with Crippen LogP contribution in [0, 0.1) is 0 Å². The van der Waals surface area contributed by atoms with Gasteiger partial charge in [-0.2, -0.15) is 0 Å². The van der Waals surface area contributed by atoms with Crippen LogP contribution in [-0.4, -0.2) is 31.2 Å². The average Bonchev–Trinajstić information content (AvgIpc) is 2.22. The lowest BCUT2D eigenvalue weighted by atomic mass is 9.98. The van der Waals surface area contributed by atoms with Crippen molar-refractivity contribution in [1.82, 2.24) is 0 Å². The highest BCUT2D eigenvalue weighted by molar-refractivity contribution is 5.86. The lowest BCUT2D eigenvalue weighted by molar-refractivity contribution is -0.137. The lowest BCUT2D eigenvalue weighted by Gasteiger charge is -2.20. The molecule has 0 aromatic rings. The molecule has 0 aliphatic rings. The Hall–Kier alpha value is -0.410. The molecule has 0 spiro atoms. The normalized spacial score (nSPS) is 12.1. The molecule has 0 heterocycles. The highest BCUT2D eigenvalue weighted by Gasteiger charge is 2.25. The summed E-state index contributed by atoms with van der Waals surface area (Å²) in [6.45, 7) is 8.49. The van der Waals surface area contributed by atoms with E-state index in [0.717, 1.165) is 25.9 Å². The van der Waals surface area contributed by atoms with Gasteiger partial charge in [-0.15, -0.1) is 0 Å². The van der Waals surface area contributed by atoms with Crippen LogP contribution in [0.15, 0.2) is 0 Å². The lowest BCUT2D eigenvalue weighted by Crippen LogP contribution is -2.33. The van der Waals surface area contributed by atoms with Crippen LogP contribution in [0.3, 0.4) is 0 Å². The van der Waals surface area contributed by atoms with E-state index in [4.69, 9.17) is 9.47 Å². The fourth-order valence-corrected chi connectivity index (χ4v) is 1.30. The smallest absolute Gasteiger partial charge is 0.164 e. The van der Waals surface area contributed by atoms with Gasteiger partial charge < -0.3 is 9.47 Å². The Morgan fingerprint density at radius 1 is 1.19 bits per heavy atom. The minimum Gasteiger partial charge on any atom is -0.379 e. The van der Waals surface area contributed by atoms with Gasteiger partial charge in [0.05, 0.1) is 6.10 Å². The first-order valence-electron chi connectivity index (χ1n) is 6.10. The van der Waals surface area contributed by atoms with Crippen LogP contribution in [0.2, 0.25) is 0 Å². The summed E-state index contributed by atoms with van der Waals surface area (Å²) in [5.74, 6) is 0.180. The highest BCUT2D eigenvalue weighted by Crippen LogP contribution is 2.14. The summed E-state index contributed by atoms with van der Waals surface area (Å²) in [5.41, 5.74) is -0.631. The molecule has 16 heavy (non-hydrogen) atoms. The molecule has 3 heteroatoms. The molecule has 0 aliphatic heterocycles. The van der Waals surface area contributed by atoms with Crippen LogP contribution in [0.4, 0.5) is 0 Å². The van der Waals surface area contributed by atoms with Crippen LogP contribution in [-0.2, 0) is 14.3 Å². The summed E-state index contributed by atoms with van der Waals surface area (Å²) >= 11 is 0. The molecule has 96 valence electrons. The van der Waals surface area contributed by atoms with E-state index in [-0.39, 0.29) is 5.78 Å². The zero-order valence-corrected chi connectivity index (χ0v) is 11.3. The summed E-state index contributed by atoms with van der Waals surface area (Å²) in [6.07, 6.45) is 3.89. The van der Waals surface area contributed by atoms with Gasteiger partial charge >= 0.3 is 0 Å². The highest BCUT2D eigenvalue weighted by atomic mass is 16.5. The van der Waals surface area contributed by atoms with Gasteiger partial charge in [-0.3, -0.25) is 4.79 Å². The number of Topliss-reactive ketones (excluding diaryl/α,β-unsaturated/α-hetero) is 1. The molecule has 3 nitrogen and oxygen atoms in total. The molecule has 0 radical (unpaired) electrons. The number of hydrogen-bond donors (Lipinski definition) is 0. The van der Waals surface area contributed by atoms with Crippen molar-refractivity contribution in [3.63, 3.8) is 0 Å². The van der Waals surface area contributed by atoms with Crippen LogP contribution in [0.1, 0.15) is 53.4 Å². The van der Waals surface area contributed by atoms with E-state index >= 15 is 0 Å². The number of carbonyl (C=O) groups excluding carboxylic acids is 1. The largest absolute Gasteiger partial charge is 0.379 e. The van der Waals surface area contributed by atoms with Gasteiger partial charge in [0, 0.05) is 20.1 Å². The van der Waals surface area contributed by atoms with Crippen molar-refractivity contribution < 1.29 is 14.3 Å². The molecule has 0 bridgehead atoms. The molecule has 0 aromatic heterocycles. The van der Waals surface area contributed by atoms with Gasteiger partial charge in [-0.05, 0) is 40.5 Å². The number of carbonyl (C=O) groups is 1. The van der Waals surface area contributed by atoms with E-state index in [1.165, 1.54) is 0 Å². The van der Waals surface area contributed by atoms with Crippen LogP contribution in [0.25, 0.3) is 0 Å². The quantitative estimate of drug-likeness (QED) is 0.571. The molecule has 0 rings (SSSR count). The van der Waals surface area contributed by atoms with Crippen molar-refractivity contribution in [3.05, 3.63) is 0 Å². The molecule has 0 aliphatic carbocycles. The maximum Gasteiger partial charge on any atom is 0.164 e. The number of hydrogen-bond acceptors (Lipinski definition) is 3. The molecule has 0 amide bonds. The monoisotopic (exact) mass is 230 g/mol. The third kappa shape index (κ3) is 6.96. The Balaban J connectivity index is 3.49. The van der Waals surface area contributed by atoms with Crippen LogP contribution >= 0.6 is 0 Å². The second-order valence-electron chi connectivity index (χ2n) is 4.87. The third-order valence-electron chi connectivity index (χ3n) is 2.68. The van der Waals surface area contributed by atoms with Gasteiger partial charge in [0.25, 0.3) is 0 Å². The first-order valence-corrected chi connectivity index (χ1v) is 6.10. The van der Waals surface area contributed by atoms with Gasteiger partial charge in [-0.1, -0.05) is 6.42 Å². The average molecular weight is 230 g/mol. The molecular weight excluding hydrogens is 204 g/mol. The molecule has 0 saturated heterocycles. The van der Waals surface area contributed by atoms with Gasteiger partial charge in [-0.25, -0.2) is 0 Å². The van der Waals surface area contributed by atoms with Crippen LogP contribution in [0.5, 0.6) is 0 Å². The zero-order chi connectivity index (χ0) is 12.6. The second-order valence-corrected chi connectivity index (χ2v) is 4.87. The number of ketones is 1. The Labute approximate surface area is 99.5 Å². The summed E-state index contributed by atoms with van der Waals surface area (Å²) in [4.78, 5) is 11.7. The van der Waals surface area contributed by atoms with Gasteiger partial charge in [0.2, 0.25) is 0 Å². The summed E-state index contributed by atoms with van der Waals surface area (Å²) < 4.78 is 10.6. The van der Waals surface area contributed by atoms with Crippen LogP contribution < -0.4 is 0 Å². The molecule has 0 N–H and O–H groups in total. The van der Waals surface area contributed by atoms with Crippen molar-refractivity contribution >= 4 is 5.78 Å². The van der Waals surface area contributed by atoms with Crippen molar-refractivity contribution in [1.29, 1.82) is 0 Å². The zero-order valence-electron chi connectivity index (χ0n) is 11.3. The first kappa shape index (κ1) is 15.6. The van der Waals surface area contributed by atoms with Gasteiger partial charge in [0.15, 0.2) is 5.78 Å². The standard InChI is InChI=1S/C13H26O3/c1-11(2)16-10-8-6-7-9-12(14)13(3,4)15-5/h11H,6-10H2,1-5H3. The van der Waals surface area contributed by atoms with Crippen molar-refractivity contribution in [2.75, 3.05) is 13.7 Å². The Morgan fingerprint density at radius 3 is 2.31 bits per heavy atom. The number of ether oxygens (including phenoxy) is 2.